The number of aryl methyl sites for hydroxylation is 1. The van der Waals surface area contributed by atoms with Gasteiger partial charge in [0.1, 0.15) is 5.75 Å². The molecule has 29 heavy (non-hydrogen) atoms. The van der Waals surface area contributed by atoms with Gasteiger partial charge >= 0.3 is 0 Å². The molecule has 0 saturated heterocycles. The van der Waals surface area contributed by atoms with Gasteiger partial charge < -0.3 is 15.4 Å². The maximum atomic E-state index is 12.6. The van der Waals surface area contributed by atoms with Gasteiger partial charge in [-0.1, -0.05) is 48.5 Å². The van der Waals surface area contributed by atoms with E-state index >= 15 is 0 Å². The van der Waals surface area contributed by atoms with Crippen molar-refractivity contribution in [1.29, 1.82) is 0 Å². The van der Waals surface area contributed by atoms with Crippen LogP contribution in [0.5, 0.6) is 5.75 Å². The molecular weight excluding hydrogens is 432 g/mol. The number of ether oxygens (including phenoxy) is 1. The monoisotopic (exact) mass is 452 g/mol. The number of hydrogen-bond donors (Lipinski definition) is 2. The Morgan fingerprint density at radius 2 is 1.69 bits per heavy atom. The third-order valence-electron chi connectivity index (χ3n) is 4.19. The summed E-state index contributed by atoms with van der Waals surface area (Å²) in [6.45, 7) is 2.22. The van der Waals surface area contributed by atoms with Crippen LogP contribution in [0.25, 0.3) is 0 Å². The number of halogens is 1. The number of carbonyl (C=O) groups is 2. The summed E-state index contributed by atoms with van der Waals surface area (Å²) in [6.07, 6.45) is 0. The van der Waals surface area contributed by atoms with Crippen molar-refractivity contribution in [1.82, 2.24) is 5.32 Å². The molecule has 0 unspecified atom stereocenters. The summed E-state index contributed by atoms with van der Waals surface area (Å²) in [5.41, 5.74) is 2.92. The van der Waals surface area contributed by atoms with E-state index in [0.29, 0.717) is 23.5 Å². The number of para-hydroxylation sites is 1. The lowest BCUT2D eigenvalue weighted by Gasteiger charge is -2.13. The average molecular weight is 453 g/mol. The van der Waals surface area contributed by atoms with Crippen molar-refractivity contribution in [2.75, 3.05) is 11.9 Å². The summed E-state index contributed by atoms with van der Waals surface area (Å²) in [4.78, 5) is 24.9. The molecule has 0 aliphatic heterocycles. The molecule has 5 nitrogen and oxygen atoms in total. The maximum absolute atomic E-state index is 12.6. The lowest BCUT2D eigenvalue weighted by atomic mass is 10.1. The molecule has 0 aliphatic carbocycles. The zero-order chi connectivity index (χ0) is 20.6. The van der Waals surface area contributed by atoms with Gasteiger partial charge in [0.25, 0.3) is 11.8 Å². The predicted octanol–water partition coefficient (Wildman–Crippen LogP) is 4.71. The lowest BCUT2D eigenvalue weighted by Crippen LogP contribution is -2.26. The second kappa shape index (κ2) is 9.89. The first-order valence-corrected chi connectivity index (χ1v) is 9.92. The fraction of sp³-hybridized carbons (Fsp3) is 0.130. The van der Waals surface area contributed by atoms with Crippen LogP contribution >= 0.6 is 15.9 Å². The quantitative estimate of drug-likeness (QED) is 0.545. The van der Waals surface area contributed by atoms with Crippen LogP contribution < -0.4 is 15.4 Å². The average Bonchev–Trinajstić information content (AvgIpc) is 2.72. The van der Waals surface area contributed by atoms with Crippen LogP contribution in [-0.2, 0) is 11.3 Å². The van der Waals surface area contributed by atoms with Gasteiger partial charge in [0.15, 0.2) is 6.61 Å². The topological polar surface area (TPSA) is 67.4 Å². The SMILES string of the molecule is Cc1ccc(OCC(=O)Nc2ccccc2C(=O)NCc2ccccc2)c(Br)c1. The highest BCUT2D eigenvalue weighted by molar-refractivity contribution is 9.10. The van der Waals surface area contributed by atoms with Gasteiger partial charge in [0.2, 0.25) is 0 Å². The highest BCUT2D eigenvalue weighted by Crippen LogP contribution is 2.25. The molecule has 148 valence electrons. The fourth-order valence-electron chi connectivity index (χ4n) is 2.72. The van der Waals surface area contributed by atoms with Gasteiger partial charge in [-0.25, -0.2) is 0 Å². The molecule has 0 fully saturated rings. The molecule has 3 rings (SSSR count). The number of rotatable bonds is 7. The second-order valence-corrected chi connectivity index (χ2v) is 7.34. The largest absolute Gasteiger partial charge is 0.483 e. The van der Waals surface area contributed by atoms with E-state index in [1.54, 1.807) is 30.3 Å². The van der Waals surface area contributed by atoms with E-state index in [0.717, 1.165) is 15.6 Å². The maximum Gasteiger partial charge on any atom is 0.262 e. The first-order valence-electron chi connectivity index (χ1n) is 9.13. The van der Waals surface area contributed by atoms with Crippen molar-refractivity contribution < 1.29 is 14.3 Å². The molecule has 3 aromatic carbocycles. The Labute approximate surface area is 178 Å². The van der Waals surface area contributed by atoms with Crippen LogP contribution in [0.1, 0.15) is 21.5 Å². The number of carbonyl (C=O) groups excluding carboxylic acids is 2. The molecule has 0 saturated carbocycles. The fourth-order valence-corrected chi connectivity index (χ4v) is 3.32. The number of amides is 2. The summed E-state index contributed by atoms with van der Waals surface area (Å²) < 4.78 is 6.36. The molecule has 3 aromatic rings. The second-order valence-electron chi connectivity index (χ2n) is 6.48. The Morgan fingerprint density at radius 1 is 0.966 bits per heavy atom. The molecular formula is C23H21BrN2O3. The Balaban J connectivity index is 1.60. The van der Waals surface area contributed by atoms with Crippen LogP contribution in [0.4, 0.5) is 5.69 Å². The van der Waals surface area contributed by atoms with Crippen molar-refractivity contribution in [3.8, 4) is 5.75 Å². The zero-order valence-electron chi connectivity index (χ0n) is 15.9. The van der Waals surface area contributed by atoms with E-state index in [4.69, 9.17) is 4.74 Å². The van der Waals surface area contributed by atoms with Crippen molar-refractivity contribution in [2.24, 2.45) is 0 Å². The molecule has 2 N–H and O–H groups in total. The van der Waals surface area contributed by atoms with Gasteiger partial charge in [-0.3, -0.25) is 9.59 Å². The molecule has 0 aromatic heterocycles. The Bertz CT molecular complexity index is 1010. The molecule has 6 heteroatoms. The predicted molar refractivity (Wildman–Crippen MR) is 117 cm³/mol. The molecule has 2 amide bonds. The Morgan fingerprint density at radius 3 is 2.45 bits per heavy atom. The van der Waals surface area contributed by atoms with Crippen LogP contribution in [0.3, 0.4) is 0 Å². The summed E-state index contributed by atoms with van der Waals surface area (Å²) >= 11 is 3.42. The molecule has 0 heterocycles. The minimum atomic E-state index is -0.346. The van der Waals surface area contributed by atoms with E-state index in [9.17, 15) is 9.59 Å². The van der Waals surface area contributed by atoms with Crippen LogP contribution in [0.15, 0.2) is 77.3 Å². The van der Waals surface area contributed by atoms with E-state index in [2.05, 4.69) is 26.6 Å². The molecule has 0 aliphatic rings. The number of anilines is 1. The third-order valence-corrected chi connectivity index (χ3v) is 4.81. The summed E-state index contributed by atoms with van der Waals surface area (Å²) in [5.74, 6) is -0.0209. The van der Waals surface area contributed by atoms with E-state index in [-0.39, 0.29) is 18.4 Å². The Hall–Kier alpha value is -3.12. The minimum Gasteiger partial charge on any atom is -0.483 e. The van der Waals surface area contributed by atoms with E-state index < -0.39 is 0 Å². The van der Waals surface area contributed by atoms with Gasteiger partial charge in [0.05, 0.1) is 15.7 Å². The number of nitrogens with one attached hydrogen (secondary N) is 2. The van der Waals surface area contributed by atoms with Crippen molar-refractivity contribution in [3.05, 3.63) is 94.0 Å². The minimum absolute atomic E-state index is 0.165. The summed E-state index contributed by atoms with van der Waals surface area (Å²) in [7, 11) is 0. The molecule has 0 spiro atoms. The van der Waals surface area contributed by atoms with E-state index in [1.165, 1.54) is 0 Å². The first kappa shape index (κ1) is 20.6. The van der Waals surface area contributed by atoms with Gasteiger partial charge in [-0.05, 0) is 58.2 Å². The van der Waals surface area contributed by atoms with Crippen LogP contribution in [0.2, 0.25) is 0 Å². The lowest BCUT2D eigenvalue weighted by molar-refractivity contribution is -0.118. The highest BCUT2D eigenvalue weighted by atomic mass is 79.9. The number of benzene rings is 3. The normalized spacial score (nSPS) is 10.3. The smallest absolute Gasteiger partial charge is 0.262 e. The van der Waals surface area contributed by atoms with Crippen LogP contribution in [0, 0.1) is 6.92 Å². The van der Waals surface area contributed by atoms with Crippen LogP contribution in [-0.4, -0.2) is 18.4 Å². The van der Waals surface area contributed by atoms with Gasteiger partial charge in [0, 0.05) is 6.54 Å². The van der Waals surface area contributed by atoms with Gasteiger partial charge in [-0.15, -0.1) is 0 Å². The van der Waals surface area contributed by atoms with Crippen molar-refractivity contribution in [3.63, 3.8) is 0 Å². The zero-order valence-corrected chi connectivity index (χ0v) is 17.5. The third kappa shape index (κ3) is 5.93. The van der Waals surface area contributed by atoms with E-state index in [1.807, 2.05) is 49.4 Å². The molecule has 0 bridgehead atoms. The standard InChI is InChI=1S/C23H21BrN2O3/c1-16-11-12-21(19(24)13-16)29-15-22(27)26-20-10-6-5-9-18(20)23(28)25-14-17-7-3-2-4-8-17/h2-13H,14-15H2,1H3,(H,25,28)(H,26,27). The van der Waals surface area contributed by atoms with Crippen molar-refractivity contribution in [2.45, 2.75) is 13.5 Å². The highest BCUT2D eigenvalue weighted by Gasteiger charge is 2.13. The Kier molecular flexibility index (Phi) is 7.03. The van der Waals surface area contributed by atoms with Gasteiger partial charge in [-0.2, -0.15) is 0 Å². The van der Waals surface area contributed by atoms with Crippen molar-refractivity contribution >= 4 is 33.4 Å². The molecule has 0 radical (unpaired) electrons. The molecule has 0 atom stereocenters. The number of hydrogen-bond acceptors (Lipinski definition) is 3. The summed E-state index contributed by atoms with van der Waals surface area (Å²) in [5, 5.41) is 5.62. The first-order chi connectivity index (χ1) is 14.0. The summed E-state index contributed by atoms with van der Waals surface area (Å²) in [6, 6.07) is 22.2.